The molecule has 0 aliphatic heterocycles. The van der Waals surface area contributed by atoms with Gasteiger partial charge in [0.1, 0.15) is 11.6 Å². The Balaban J connectivity index is 1.09. The van der Waals surface area contributed by atoms with E-state index in [2.05, 4.69) is 11.7 Å². The minimum atomic E-state index is -3.68. The fourth-order valence-electron chi connectivity index (χ4n) is 8.26. The lowest BCUT2D eigenvalue weighted by Gasteiger charge is -2.38. The van der Waals surface area contributed by atoms with Gasteiger partial charge in [0, 0.05) is 12.1 Å². The molecule has 2 aromatic carbocycles. The van der Waals surface area contributed by atoms with Crippen molar-refractivity contribution in [1.29, 1.82) is 0 Å². The van der Waals surface area contributed by atoms with Crippen LogP contribution >= 0.6 is 0 Å². The number of alkyl halides is 2. The van der Waals surface area contributed by atoms with Gasteiger partial charge in [-0.05, 0) is 111 Å². The molecule has 0 bridgehead atoms. The topological polar surface area (TPSA) is 9.23 Å². The lowest BCUT2D eigenvalue weighted by Crippen LogP contribution is -2.37. The zero-order chi connectivity index (χ0) is 30.6. The highest BCUT2D eigenvalue weighted by Crippen LogP contribution is 2.47. The molecular formula is C36H46F6O. The van der Waals surface area contributed by atoms with Crippen LogP contribution in [-0.2, 0) is 0 Å². The molecule has 3 fully saturated rings. The van der Waals surface area contributed by atoms with Gasteiger partial charge in [-0.3, -0.25) is 0 Å². The summed E-state index contributed by atoms with van der Waals surface area (Å²) in [6.07, 6.45) is 12.8. The third kappa shape index (κ3) is 7.92. The third-order valence-corrected chi connectivity index (χ3v) is 10.9. The molecule has 43 heavy (non-hydrogen) atoms. The van der Waals surface area contributed by atoms with E-state index in [9.17, 15) is 22.0 Å². The summed E-state index contributed by atoms with van der Waals surface area (Å²) in [5, 5.41) is 0. The molecule has 0 spiro atoms. The van der Waals surface area contributed by atoms with E-state index in [4.69, 9.17) is 0 Å². The van der Waals surface area contributed by atoms with Crippen LogP contribution in [0.5, 0.6) is 5.75 Å². The van der Waals surface area contributed by atoms with Crippen LogP contribution < -0.4 is 4.74 Å². The van der Waals surface area contributed by atoms with Gasteiger partial charge in [0.2, 0.25) is 0 Å². The summed E-state index contributed by atoms with van der Waals surface area (Å²) in [5.74, 6) is -4.33. The van der Waals surface area contributed by atoms with Crippen LogP contribution in [0.3, 0.4) is 0 Å². The molecule has 3 aliphatic carbocycles. The second-order valence-electron chi connectivity index (χ2n) is 13.6. The summed E-state index contributed by atoms with van der Waals surface area (Å²) in [4.78, 5) is 0. The van der Waals surface area contributed by atoms with E-state index in [0.29, 0.717) is 36.5 Å². The average molecular weight is 609 g/mol. The molecule has 0 saturated heterocycles. The molecule has 7 heteroatoms. The SMILES string of the molecule is CCCCCC1CCC(C2CCC(c3ccc(C4CCC(C(F)(F)Oc5cc(F)c(F)c(F)c5)CC4)c(F)c3)CC2)CC1. The van der Waals surface area contributed by atoms with Gasteiger partial charge in [0.05, 0.1) is 5.92 Å². The third-order valence-electron chi connectivity index (χ3n) is 10.9. The average Bonchev–Trinajstić information content (AvgIpc) is 3.00. The highest BCUT2D eigenvalue weighted by Gasteiger charge is 2.44. The summed E-state index contributed by atoms with van der Waals surface area (Å²) in [5.41, 5.74) is 1.62. The molecule has 0 radical (unpaired) electrons. The number of hydrogen-bond acceptors (Lipinski definition) is 1. The van der Waals surface area contributed by atoms with E-state index in [1.54, 1.807) is 6.07 Å². The van der Waals surface area contributed by atoms with Crippen molar-refractivity contribution in [3.05, 3.63) is 64.7 Å². The summed E-state index contributed by atoms with van der Waals surface area (Å²) < 4.78 is 89.7. The molecule has 3 aliphatic rings. The smallest absolute Gasteiger partial charge is 0.400 e. The molecule has 0 unspecified atom stereocenters. The van der Waals surface area contributed by atoms with Crippen LogP contribution in [0.1, 0.15) is 133 Å². The summed E-state index contributed by atoms with van der Waals surface area (Å²) in [7, 11) is 0. The Hall–Kier alpha value is -2.18. The zero-order valence-electron chi connectivity index (χ0n) is 25.3. The van der Waals surface area contributed by atoms with Gasteiger partial charge < -0.3 is 4.74 Å². The fourth-order valence-corrected chi connectivity index (χ4v) is 8.26. The first kappa shape index (κ1) is 32.2. The van der Waals surface area contributed by atoms with E-state index in [-0.39, 0.29) is 24.6 Å². The largest absolute Gasteiger partial charge is 0.432 e. The van der Waals surface area contributed by atoms with Crippen LogP contribution in [0, 0.1) is 46.9 Å². The van der Waals surface area contributed by atoms with Crippen molar-refractivity contribution in [2.45, 2.75) is 128 Å². The maximum atomic E-state index is 15.4. The minimum absolute atomic E-state index is 0.0791. The summed E-state index contributed by atoms with van der Waals surface area (Å²) >= 11 is 0. The van der Waals surface area contributed by atoms with Crippen molar-refractivity contribution in [3.63, 3.8) is 0 Å². The Kier molecular flexibility index (Phi) is 10.7. The number of ether oxygens (including phenoxy) is 1. The number of rotatable bonds is 10. The Bertz CT molecular complexity index is 1170. The maximum absolute atomic E-state index is 15.4. The predicted molar refractivity (Wildman–Crippen MR) is 157 cm³/mol. The van der Waals surface area contributed by atoms with Crippen LogP contribution in [-0.4, -0.2) is 6.11 Å². The molecule has 238 valence electrons. The van der Waals surface area contributed by atoms with E-state index in [0.717, 1.165) is 36.2 Å². The lowest BCUT2D eigenvalue weighted by atomic mass is 9.68. The lowest BCUT2D eigenvalue weighted by molar-refractivity contribution is -0.222. The molecule has 2 aromatic rings. The van der Waals surface area contributed by atoms with Gasteiger partial charge in [-0.25, -0.2) is 17.6 Å². The van der Waals surface area contributed by atoms with Crippen molar-refractivity contribution in [2.75, 3.05) is 0 Å². The zero-order valence-corrected chi connectivity index (χ0v) is 25.3. The quantitative estimate of drug-likeness (QED) is 0.148. The second-order valence-corrected chi connectivity index (χ2v) is 13.6. The molecule has 0 N–H and O–H groups in total. The van der Waals surface area contributed by atoms with Gasteiger partial charge in [-0.2, -0.15) is 8.78 Å². The maximum Gasteiger partial charge on any atom is 0.400 e. The Morgan fingerprint density at radius 1 is 0.674 bits per heavy atom. The molecular weight excluding hydrogens is 562 g/mol. The minimum Gasteiger partial charge on any atom is -0.432 e. The van der Waals surface area contributed by atoms with E-state index < -0.39 is 35.2 Å². The Morgan fingerprint density at radius 2 is 1.26 bits per heavy atom. The van der Waals surface area contributed by atoms with Crippen LogP contribution in [0.15, 0.2) is 30.3 Å². The van der Waals surface area contributed by atoms with Crippen LogP contribution in [0.4, 0.5) is 26.3 Å². The molecule has 3 saturated carbocycles. The highest BCUT2D eigenvalue weighted by molar-refractivity contribution is 5.30. The first-order chi connectivity index (χ1) is 20.6. The van der Waals surface area contributed by atoms with Gasteiger partial charge in [-0.15, -0.1) is 0 Å². The van der Waals surface area contributed by atoms with Gasteiger partial charge >= 0.3 is 6.11 Å². The predicted octanol–water partition coefficient (Wildman–Crippen LogP) is 11.8. The van der Waals surface area contributed by atoms with Gasteiger partial charge in [0.15, 0.2) is 17.5 Å². The molecule has 0 atom stereocenters. The monoisotopic (exact) mass is 608 g/mol. The van der Waals surface area contributed by atoms with E-state index in [1.165, 1.54) is 64.2 Å². The normalized spacial score (nSPS) is 28.5. The van der Waals surface area contributed by atoms with Gasteiger partial charge in [0.25, 0.3) is 0 Å². The van der Waals surface area contributed by atoms with E-state index in [1.807, 2.05) is 12.1 Å². The number of benzene rings is 2. The number of halogens is 6. The van der Waals surface area contributed by atoms with Crippen LogP contribution in [0.25, 0.3) is 0 Å². The second kappa shape index (κ2) is 14.3. The number of unbranched alkanes of at least 4 members (excludes halogenated alkanes) is 2. The Morgan fingerprint density at radius 3 is 1.84 bits per heavy atom. The highest BCUT2D eigenvalue weighted by atomic mass is 19.3. The summed E-state index contributed by atoms with van der Waals surface area (Å²) in [6.45, 7) is 2.27. The van der Waals surface area contributed by atoms with Crippen molar-refractivity contribution < 1.29 is 31.1 Å². The molecule has 5 rings (SSSR count). The van der Waals surface area contributed by atoms with E-state index >= 15 is 4.39 Å². The summed E-state index contributed by atoms with van der Waals surface area (Å²) in [6, 6.07) is 6.39. The first-order valence-electron chi connectivity index (χ1n) is 16.6. The van der Waals surface area contributed by atoms with Crippen molar-refractivity contribution in [1.82, 2.24) is 0 Å². The van der Waals surface area contributed by atoms with Crippen molar-refractivity contribution >= 4 is 0 Å². The fraction of sp³-hybridized carbons (Fsp3) is 0.667. The molecule has 0 heterocycles. The molecule has 1 nitrogen and oxygen atoms in total. The van der Waals surface area contributed by atoms with Crippen molar-refractivity contribution in [2.24, 2.45) is 23.7 Å². The Labute approximate surface area is 252 Å². The number of hydrogen-bond donors (Lipinski definition) is 0. The van der Waals surface area contributed by atoms with Crippen molar-refractivity contribution in [3.8, 4) is 5.75 Å². The molecule has 0 aromatic heterocycles. The standard InChI is InChI=1S/C36H46F6O/c1-2-3-4-5-23-6-8-24(9-7-23)25-10-12-26(13-11-25)28-16-19-31(32(37)20-28)27-14-17-29(18-15-27)36(41,42)43-30-21-33(38)35(40)34(39)22-30/h16,19-27,29H,2-15,17-18H2,1H3. The first-order valence-corrected chi connectivity index (χ1v) is 16.6. The molecule has 0 amide bonds. The van der Waals surface area contributed by atoms with Gasteiger partial charge in [-0.1, -0.05) is 57.6 Å². The van der Waals surface area contributed by atoms with Crippen LogP contribution in [0.2, 0.25) is 0 Å².